The summed E-state index contributed by atoms with van der Waals surface area (Å²) in [6, 6.07) is 30.6. The summed E-state index contributed by atoms with van der Waals surface area (Å²) in [7, 11) is 0. The number of hydrogen-bond donors (Lipinski definition) is 0. The molecule has 6 heteroatoms. The Kier molecular flexibility index (Phi) is 9.07. The Balaban J connectivity index is 0.000000223. The molecule has 35 heavy (non-hydrogen) atoms. The van der Waals surface area contributed by atoms with Crippen LogP contribution in [0.25, 0.3) is 33.6 Å². The molecule has 0 fully saturated rings. The van der Waals surface area contributed by atoms with Gasteiger partial charge >= 0.3 is 0 Å². The molecule has 0 unspecified atom stereocenters. The fraction of sp³-hybridized carbons (Fsp3) is 0.0345. The standard InChI is InChI=1S/C18H11F3N.C11H8N.Ir/c1-11-7-18(13-8-16(20)17(21)9-15(13)19)22-10-14(11)12-5-3-2-4-6-12;1-2-6-10(7-3-1)11-8-4-5-9-12-11;/h2-7,9-10H,1H3;1-6,8-9H;/q2*-1;. The summed E-state index contributed by atoms with van der Waals surface area (Å²) >= 11 is 0. The minimum absolute atomic E-state index is 0. The Morgan fingerprint density at radius 3 is 2.14 bits per heavy atom. The molecule has 2 heterocycles. The zero-order valence-corrected chi connectivity index (χ0v) is 21.0. The van der Waals surface area contributed by atoms with E-state index >= 15 is 0 Å². The van der Waals surface area contributed by atoms with Gasteiger partial charge in [0.05, 0.1) is 11.6 Å². The van der Waals surface area contributed by atoms with Crippen LogP contribution in [-0.2, 0) is 20.1 Å². The number of rotatable bonds is 3. The molecule has 0 atom stereocenters. The molecular formula is C29H19F3IrN2-2. The maximum atomic E-state index is 13.8. The van der Waals surface area contributed by atoms with E-state index < -0.39 is 17.5 Å². The minimum Gasteiger partial charge on any atom is -0.305 e. The monoisotopic (exact) mass is 645 g/mol. The van der Waals surface area contributed by atoms with Crippen LogP contribution in [0.5, 0.6) is 0 Å². The van der Waals surface area contributed by atoms with Crippen molar-refractivity contribution in [2.75, 3.05) is 0 Å². The fourth-order valence-corrected chi connectivity index (χ4v) is 3.35. The van der Waals surface area contributed by atoms with Crippen molar-refractivity contribution in [1.29, 1.82) is 0 Å². The molecule has 0 aliphatic carbocycles. The summed E-state index contributed by atoms with van der Waals surface area (Å²) in [6.45, 7) is 1.85. The predicted octanol–water partition coefficient (Wildman–Crippen LogP) is 7.49. The van der Waals surface area contributed by atoms with Crippen LogP contribution >= 0.6 is 0 Å². The van der Waals surface area contributed by atoms with Gasteiger partial charge in [-0.3, -0.25) is 8.78 Å². The van der Waals surface area contributed by atoms with Gasteiger partial charge in [0.1, 0.15) is 0 Å². The van der Waals surface area contributed by atoms with Gasteiger partial charge in [0, 0.05) is 43.9 Å². The molecule has 1 radical (unpaired) electrons. The predicted molar refractivity (Wildman–Crippen MR) is 127 cm³/mol. The van der Waals surface area contributed by atoms with Crippen molar-refractivity contribution in [3.8, 4) is 33.6 Å². The van der Waals surface area contributed by atoms with Crippen LogP contribution in [0.1, 0.15) is 5.56 Å². The molecule has 0 spiro atoms. The molecule has 5 aromatic rings. The molecule has 0 aliphatic heterocycles. The van der Waals surface area contributed by atoms with Crippen LogP contribution < -0.4 is 0 Å². The van der Waals surface area contributed by atoms with Crippen molar-refractivity contribution in [3.05, 3.63) is 132 Å². The summed E-state index contributed by atoms with van der Waals surface area (Å²) < 4.78 is 40.0. The Labute approximate surface area is 215 Å². The second-order valence-corrected chi connectivity index (χ2v) is 7.40. The third-order valence-electron chi connectivity index (χ3n) is 5.04. The summed E-state index contributed by atoms with van der Waals surface area (Å²) in [6.07, 6.45) is 3.38. The quantitative estimate of drug-likeness (QED) is 0.150. The van der Waals surface area contributed by atoms with Gasteiger partial charge in [-0.05, 0) is 35.5 Å². The van der Waals surface area contributed by atoms with E-state index in [0.29, 0.717) is 6.07 Å². The number of pyridine rings is 2. The summed E-state index contributed by atoms with van der Waals surface area (Å²) in [5.41, 5.74) is 4.78. The van der Waals surface area contributed by atoms with Crippen LogP contribution in [-0.4, -0.2) is 9.97 Å². The Morgan fingerprint density at radius 2 is 1.49 bits per heavy atom. The average Bonchev–Trinajstić information content (AvgIpc) is 2.88. The molecule has 177 valence electrons. The zero-order valence-electron chi connectivity index (χ0n) is 18.6. The minimum atomic E-state index is -1.26. The van der Waals surface area contributed by atoms with Gasteiger partial charge in [0.25, 0.3) is 0 Å². The first kappa shape index (κ1) is 26.0. The maximum absolute atomic E-state index is 13.8. The smallest absolute Gasteiger partial charge is 0.0756 e. The van der Waals surface area contributed by atoms with Gasteiger partial charge in [0.2, 0.25) is 0 Å². The molecule has 0 amide bonds. The number of halogens is 3. The van der Waals surface area contributed by atoms with Gasteiger partial charge in [-0.15, -0.1) is 35.9 Å². The second-order valence-electron chi connectivity index (χ2n) is 7.40. The summed E-state index contributed by atoms with van der Waals surface area (Å²) in [4.78, 5) is 8.38. The van der Waals surface area contributed by atoms with Gasteiger partial charge in [0.15, 0.2) is 0 Å². The van der Waals surface area contributed by atoms with Crippen LogP contribution in [0.15, 0.2) is 97.3 Å². The van der Waals surface area contributed by atoms with E-state index in [9.17, 15) is 13.2 Å². The molecule has 0 N–H and O–H groups in total. The Hall–Kier alpha value is -3.60. The number of nitrogens with zero attached hydrogens (tertiary/aromatic N) is 2. The average molecular weight is 645 g/mol. The van der Waals surface area contributed by atoms with Crippen molar-refractivity contribution in [3.63, 3.8) is 0 Å². The number of aryl methyl sites for hydroxylation is 1. The van der Waals surface area contributed by atoms with Crippen LogP contribution in [0, 0.1) is 36.5 Å². The molecular weight excluding hydrogens is 626 g/mol. The van der Waals surface area contributed by atoms with Crippen molar-refractivity contribution in [2.24, 2.45) is 0 Å². The third kappa shape index (κ3) is 6.50. The van der Waals surface area contributed by atoms with E-state index in [0.717, 1.165) is 27.9 Å². The number of benzene rings is 3. The fourth-order valence-electron chi connectivity index (χ4n) is 3.35. The van der Waals surface area contributed by atoms with Crippen LogP contribution in [0.3, 0.4) is 0 Å². The van der Waals surface area contributed by atoms with E-state index in [1.165, 1.54) is 0 Å². The molecule has 0 bridgehead atoms. The largest absolute Gasteiger partial charge is 0.305 e. The maximum Gasteiger partial charge on any atom is 0.0756 e. The zero-order chi connectivity index (χ0) is 23.9. The molecule has 0 saturated carbocycles. The first-order valence-corrected chi connectivity index (χ1v) is 10.5. The first-order valence-electron chi connectivity index (χ1n) is 10.5. The van der Waals surface area contributed by atoms with Crippen molar-refractivity contribution >= 4 is 0 Å². The van der Waals surface area contributed by atoms with Gasteiger partial charge in [-0.2, -0.15) is 0 Å². The second kappa shape index (κ2) is 12.2. The Morgan fingerprint density at radius 1 is 0.743 bits per heavy atom. The Bertz CT molecular complexity index is 1340. The van der Waals surface area contributed by atoms with E-state index in [2.05, 4.69) is 22.1 Å². The SMILES string of the molecule is Cc1cc(-c2[c-]c(F)c(F)cc2F)ncc1-c1ccccc1.[Ir].[c-]1ccccc1-c1ccccn1. The first-order chi connectivity index (χ1) is 16.5. The molecule has 5 rings (SSSR count). The molecule has 3 aromatic carbocycles. The van der Waals surface area contributed by atoms with Gasteiger partial charge in [-0.25, -0.2) is 4.39 Å². The van der Waals surface area contributed by atoms with E-state index in [-0.39, 0.29) is 31.4 Å². The van der Waals surface area contributed by atoms with E-state index in [1.807, 2.05) is 79.7 Å². The number of hydrogen-bond acceptors (Lipinski definition) is 2. The van der Waals surface area contributed by atoms with Crippen molar-refractivity contribution in [2.45, 2.75) is 6.92 Å². The van der Waals surface area contributed by atoms with Crippen LogP contribution in [0.2, 0.25) is 0 Å². The topological polar surface area (TPSA) is 25.8 Å². The molecule has 2 nitrogen and oxygen atoms in total. The normalized spacial score (nSPS) is 10.1. The molecule has 2 aromatic heterocycles. The van der Waals surface area contributed by atoms with Crippen molar-refractivity contribution < 1.29 is 33.3 Å². The van der Waals surface area contributed by atoms with Gasteiger partial charge in [-0.1, -0.05) is 66.2 Å². The van der Waals surface area contributed by atoms with Gasteiger partial charge < -0.3 is 9.97 Å². The van der Waals surface area contributed by atoms with Crippen molar-refractivity contribution in [1.82, 2.24) is 9.97 Å². The molecule has 0 aliphatic rings. The number of aromatic nitrogens is 2. The van der Waals surface area contributed by atoms with Crippen LogP contribution in [0.4, 0.5) is 13.2 Å². The third-order valence-corrected chi connectivity index (χ3v) is 5.04. The van der Waals surface area contributed by atoms with E-state index in [4.69, 9.17) is 0 Å². The summed E-state index contributed by atoms with van der Waals surface area (Å²) in [5.74, 6) is -3.37. The molecule has 0 saturated heterocycles. The van der Waals surface area contributed by atoms with E-state index in [1.54, 1.807) is 18.5 Å². The summed E-state index contributed by atoms with van der Waals surface area (Å²) in [5, 5.41) is 0.